The van der Waals surface area contributed by atoms with Gasteiger partial charge < -0.3 is 9.73 Å². The highest BCUT2D eigenvalue weighted by atomic mass is 32.2. The predicted octanol–water partition coefficient (Wildman–Crippen LogP) is 1.86. The Hall–Kier alpha value is -0.810. The number of carbonyl (C=O) groups excluding carboxylic acids is 1. The fourth-order valence-corrected chi connectivity index (χ4v) is 2.55. The van der Waals surface area contributed by atoms with Crippen LogP contribution < -0.4 is 5.32 Å². The number of nitrogens with one attached hydrogen (secondary N) is 1. The van der Waals surface area contributed by atoms with E-state index in [-0.39, 0.29) is 11.2 Å². The summed E-state index contributed by atoms with van der Waals surface area (Å²) in [5, 5.41) is 2.62. The van der Waals surface area contributed by atoms with Gasteiger partial charge in [-0.25, -0.2) is 0 Å². The lowest BCUT2D eigenvalue weighted by Crippen LogP contribution is -2.32. The summed E-state index contributed by atoms with van der Waals surface area (Å²) in [6.07, 6.45) is 2.03. The number of hydrogen-bond donors (Lipinski definition) is 1. The van der Waals surface area contributed by atoms with Gasteiger partial charge in [-0.1, -0.05) is 24.0 Å². The van der Waals surface area contributed by atoms with Crippen molar-refractivity contribution in [2.75, 3.05) is 0 Å². The van der Waals surface area contributed by atoms with Gasteiger partial charge in [0.25, 0.3) is 0 Å². The van der Waals surface area contributed by atoms with Gasteiger partial charge in [0, 0.05) is 6.42 Å². The number of furan rings is 1. The SMILES string of the molecule is O=C1CC(c2ccco2)SC(=S)N1. The molecule has 1 atom stereocenters. The van der Waals surface area contributed by atoms with Gasteiger partial charge in [-0.15, -0.1) is 0 Å². The summed E-state index contributed by atoms with van der Waals surface area (Å²) in [4.78, 5) is 11.1. The van der Waals surface area contributed by atoms with Crippen molar-refractivity contribution in [3.05, 3.63) is 24.2 Å². The molecule has 0 saturated carbocycles. The Morgan fingerprint density at radius 2 is 2.54 bits per heavy atom. The average Bonchev–Trinajstić information content (AvgIpc) is 2.53. The van der Waals surface area contributed by atoms with Crippen LogP contribution in [0.2, 0.25) is 0 Å². The first-order chi connectivity index (χ1) is 6.25. The maximum atomic E-state index is 11.1. The first-order valence-corrected chi connectivity index (χ1v) is 5.08. The molecule has 0 aliphatic carbocycles. The van der Waals surface area contributed by atoms with Crippen molar-refractivity contribution in [1.29, 1.82) is 0 Å². The van der Waals surface area contributed by atoms with Crippen LogP contribution in [-0.2, 0) is 4.79 Å². The van der Waals surface area contributed by atoms with Crippen molar-refractivity contribution in [3.8, 4) is 0 Å². The molecule has 1 fully saturated rings. The van der Waals surface area contributed by atoms with Crippen LogP contribution in [-0.4, -0.2) is 10.2 Å². The fraction of sp³-hybridized carbons (Fsp3) is 0.250. The summed E-state index contributed by atoms with van der Waals surface area (Å²) >= 11 is 6.38. The molecule has 1 amide bonds. The van der Waals surface area contributed by atoms with Gasteiger partial charge >= 0.3 is 0 Å². The lowest BCUT2D eigenvalue weighted by Gasteiger charge is -2.19. The van der Waals surface area contributed by atoms with Gasteiger partial charge in [0.1, 0.15) is 10.1 Å². The third-order valence-corrected chi connectivity index (χ3v) is 3.11. The Morgan fingerprint density at radius 1 is 1.69 bits per heavy atom. The average molecular weight is 213 g/mol. The number of amides is 1. The second kappa shape index (κ2) is 3.51. The maximum Gasteiger partial charge on any atom is 0.226 e. The molecule has 1 aromatic rings. The van der Waals surface area contributed by atoms with Gasteiger partial charge in [-0.05, 0) is 12.1 Å². The summed E-state index contributed by atoms with van der Waals surface area (Å²) in [6, 6.07) is 3.67. The van der Waals surface area contributed by atoms with Crippen LogP contribution in [0.5, 0.6) is 0 Å². The zero-order valence-corrected chi connectivity index (χ0v) is 8.28. The Morgan fingerprint density at radius 3 is 3.15 bits per heavy atom. The van der Waals surface area contributed by atoms with E-state index in [1.807, 2.05) is 12.1 Å². The minimum Gasteiger partial charge on any atom is -0.468 e. The van der Waals surface area contributed by atoms with E-state index in [0.717, 1.165) is 5.76 Å². The van der Waals surface area contributed by atoms with E-state index in [9.17, 15) is 4.79 Å². The van der Waals surface area contributed by atoms with Crippen LogP contribution in [0, 0.1) is 0 Å². The summed E-state index contributed by atoms with van der Waals surface area (Å²) in [5.41, 5.74) is 0. The lowest BCUT2D eigenvalue weighted by atomic mass is 10.2. The third kappa shape index (κ3) is 1.92. The van der Waals surface area contributed by atoms with Gasteiger partial charge in [-0.2, -0.15) is 0 Å². The van der Waals surface area contributed by atoms with E-state index in [0.29, 0.717) is 10.7 Å². The van der Waals surface area contributed by atoms with E-state index in [4.69, 9.17) is 16.6 Å². The first kappa shape index (κ1) is 8.77. The number of thioether (sulfide) groups is 1. The van der Waals surface area contributed by atoms with Crippen LogP contribution in [0.4, 0.5) is 0 Å². The molecule has 13 heavy (non-hydrogen) atoms. The number of hydrogen-bond acceptors (Lipinski definition) is 4. The Balaban J connectivity index is 2.16. The standard InChI is InChI=1S/C8H7NO2S2/c10-7-4-6(13-8(12)9-7)5-2-1-3-11-5/h1-3,6H,4H2,(H,9,10,12). The van der Waals surface area contributed by atoms with E-state index in [1.54, 1.807) is 6.26 Å². The summed E-state index contributed by atoms with van der Waals surface area (Å²) < 4.78 is 5.73. The van der Waals surface area contributed by atoms with Gasteiger partial charge in [0.2, 0.25) is 5.91 Å². The summed E-state index contributed by atoms with van der Waals surface area (Å²) in [6.45, 7) is 0. The van der Waals surface area contributed by atoms with E-state index in [2.05, 4.69) is 5.32 Å². The second-order valence-corrected chi connectivity index (χ2v) is 4.54. The van der Waals surface area contributed by atoms with Crippen LogP contribution in [0.15, 0.2) is 22.8 Å². The minimum absolute atomic E-state index is 0.0369. The zero-order chi connectivity index (χ0) is 9.26. The molecule has 0 spiro atoms. The number of thiocarbonyl (C=S) groups is 1. The molecule has 2 rings (SSSR count). The molecule has 1 saturated heterocycles. The molecule has 0 aromatic carbocycles. The van der Waals surface area contributed by atoms with E-state index in [1.165, 1.54) is 11.8 Å². The molecule has 3 nitrogen and oxygen atoms in total. The largest absolute Gasteiger partial charge is 0.468 e. The molecule has 0 radical (unpaired) electrons. The molecule has 0 bridgehead atoms. The van der Waals surface area contributed by atoms with Crippen molar-refractivity contribution in [3.63, 3.8) is 0 Å². The molecule has 1 unspecified atom stereocenters. The topological polar surface area (TPSA) is 42.2 Å². The molecule has 1 N–H and O–H groups in total. The monoisotopic (exact) mass is 213 g/mol. The predicted molar refractivity (Wildman–Crippen MR) is 54.4 cm³/mol. The van der Waals surface area contributed by atoms with Gasteiger partial charge in [-0.3, -0.25) is 4.79 Å². The Bertz CT molecular complexity index is 318. The molecule has 5 heteroatoms. The van der Waals surface area contributed by atoms with E-state index < -0.39 is 0 Å². The van der Waals surface area contributed by atoms with Crippen molar-refractivity contribution < 1.29 is 9.21 Å². The molecule has 1 aliphatic rings. The Labute approximate surface area is 84.9 Å². The van der Waals surface area contributed by atoms with Crippen molar-refractivity contribution in [1.82, 2.24) is 5.32 Å². The quantitative estimate of drug-likeness (QED) is 0.723. The highest BCUT2D eigenvalue weighted by Gasteiger charge is 2.26. The number of carbonyl (C=O) groups is 1. The van der Waals surface area contributed by atoms with Gasteiger partial charge in [0.05, 0.1) is 11.5 Å². The molecule has 1 aromatic heterocycles. The number of rotatable bonds is 1. The van der Waals surface area contributed by atoms with Crippen molar-refractivity contribution in [2.24, 2.45) is 0 Å². The normalized spacial score (nSPS) is 22.9. The highest BCUT2D eigenvalue weighted by Crippen LogP contribution is 2.35. The molecule has 1 aliphatic heterocycles. The summed E-state index contributed by atoms with van der Waals surface area (Å²) in [7, 11) is 0. The smallest absolute Gasteiger partial charge is 0.226 e. The molecular formula is C8H7NO2S2. The zero-order valence-electron chi connectivity index (χ0n) is 6.65. The minimum atomic E-state index is -0.0369. The Kier molecular flexibility index (Phi) is 2.37. The molecular weight excluding hydrogens is 206 g/mol. The fourth-order valence-electron chi connectivity index (χ4n) is 1.17. The van der Waals surface area contributed by atoms with Crippen LogP contribution in [0.25, 0.3) is 0 Å². The van der Waals surface area contributed by atoms with Crippen molar-refractivity contribution >= 4 is 34.2 Å². The highest BCUT2D eigenvalue weighted by molar-refractivity contribution is 8.23. The van der Waals surface area contributed by atoms with Crippen LogP contribution in [0.3, 0.4) is 0 Å². The maximum absolute atomic E-state index is 11.1. The van der Waals surface area contributed by atoms with Crippen LogP contribution in [0.1, 0.15) is 17.4 Å². The lowest BCUT2D eigenvalue weighted by molar-refractivity contribution is -0.119. The molecule has 68 valence electrons. The summed E-state index contributed by atoms with van der Waals surface area (Å²) in [5.74, 6) is 0.771. The second-order valence-electron chi connectivity index (χ2n) is 2.66. The van der Waals surface area contributed by atoms with Gasteiger partial charge in [0.15, 0.2) is 0 Å². The van der Waals surface area contributed by atoms with Crippen molar-refractivity contribution in [2.45, 2.75) is 11.7 Å². The van der Waals surface area contributed by atoms with E-state index >= 15 is 0 Å². The third-order valence-electron chi connectivity index (χ3n) is 1.72. The van der Waals surface area contributed by atoms with Crippen LogP contribution >= 0.6 is 24.0 Å². The first-order valence-electron chi connectivity index (χ1n) is 3.79. The molecule has 2 heterocycles.